The van der Waals surface area contributed by atoms with Crippen molar-refractivity contribution in [3.8, 4) is 0 Å². The summed E-state index contributed by atoms with van der Waals surface area (Å²) in [6, 6.07) is 0.503. The van der Waals surface area contributed by atoms with Crippen molar-refractivity contribution in [2.45, 2.75) is 46.2 Å². The predicted molar refractivity (Wildman–Crippen MR) is 64.2 cm³/mol. The van der Waals surface area contributed by atoms with E-state index >= 15 is 0 Å². The largest absolute Gasteiger partial charge is 0.396 e. The Morgan fingerprint density at radius 2 is 2.06 bits per heavy atom. The topological polar surface area (TPSA) is 58.0 Å². The number of aliphatic hydroxyl groups excluding tert-OH is 1. The summed E-state index contributed by atoms with van der Waals surface area (Å²) in [7, 11) is 0. The lowest BCUT2D eigenvalue weighted by Gasteiger charge is -2.20. The quantitative estimate of drug-likeness (QED) is 0.794. The molecule has 0 aliphatic rings. The van der Waals surface area contributed by atoms with E-state index in [0.717, 1.165) is 23.5 Å². The Labute approximate surface area is 97.1 Å². The molecule has 1 heterocycles. The molecule has 0 aromatic carbocycles. The summed E-state index contributed by atoms with van der Waals surface area (Å²) in [5.74, 6) is 0.803. The second-order valence-corrected chi connectivity index (χ2v) is 4.26. The van der Waals surface area contributed by atoms with E-state index in [1.165, 1.54) is 0 Å². The highest BCUT2D eigenvalue weighted by molar-refractivity contribution is 5.19. The molecule has 1 aromatic heterocycles. The lowest BCUT2D eigenvalue weighted by molar-refractivity contribution is 0.264. The van der Waals surface area contributed by atoms with Gasteiger partial charge < -0.3 is 10.4 Å². The van der Waals surface area contributed by atoms with Crippen LogP contribution in [0, 0.1) is 13.8 Å². The molecule has 2 atom stereocenters. The third-order valence-corrected chi connectivity index (χ3v) is 2.70. The molecule has 4 nitrogen and oxygen atoms in total. The molecule has 0 aliphatic carbocycles. The van der Waals surface area contributed by atoms with Gasteiger partial charge in [0, 0.05) is 36.1 Å². The maximum atomic E-state index is 8.85. The van der Waals surface area contributed by atoms with E-state index in [9.17, 15) is 0 Å². The summed E-state index contributed by atoms with van der Waals surface area (Å²) in [4.78, 5) is 8.56. The molecular formula is C12H21N3O. The van der Waals surface area contributed by atoms with Crippen molar-refractivity contribution < 1.29 is 5.11 Å². The van der Waals surface area contributed by atoms with Crippen LogP contribution in [0.4, 0.5) is 0 Å². The number of aryl methyl sites for hydroxylation is 2. The molecule has 1 aromatic rings. The van der Waals surface area contributed by atoms with Gasteiger partial charge in [0.05, 0.1) is 0 Å². The molecule has 0 saturated carbocycles. The minimum Gasteiger partial charge on any atom is -0.396 e. The van der Waals surface area contributed by atoms with Crippen molar-refractivity contribution in [3.05, 3.63) is 23.3 Å². The van der Waals surface area contributed by atoms with Crippen LogP contribution in [0.15, 0.2) is 6.20 Å². The van der Waals surface area contributed by atoms with E-state index in [-0.39, 0.29) is 12.6 Å². The van der Waals surface area contributed by atoms with E-state index in [1.54, 1.807) is 0 Å². The number of aromatic nitrogens is 2. The van der Waals surface area contributed by atoms with E-state index in [2.05, 4.69) is 29.1 Å². The van der Waals surface area contributed by atoms with Crippen LogP contribution in [0.5, 0.6) is 0 Å². The lowest BCUT2D eigenvalue weighted by Crippen LogP contribution is -2.30. The molecule has 90 valence electrons. The van der Waals surface area contributed by atoms with Crippen molar-refractivity contribution >= 4 is 0 Å². The molecule has 0 aliphatic heterocycles. The normalized spacial score (nSPS) is 14.8. The zero-order valence-corrected chi connectivity index (χ0v) is 10.5. The second-order valence-electron chi connectivity index (χ2n) is 4.26. The molecule has 0 radical (unpaired) electrons. The van der Waals surface area contributed by atoms with E-state index in [1.807, 2.05) is 20.0 Å². The number of rotatable bonds is 5. The van der Waals surface area contributed by atoms with E-state index < -0.39 is 0 Å². The first kappa shape index (κ1) is 13.1. The molecule has 0 amide bonds. The van der Waals surface area contributed by atoms with Gasteiger partial charge in [-0.3, -0.25) is 0 Å². The Kier molecular flexibility index (Phi) is 4.83. The predicted octanol–water partition coefficient (Wildman–Crippen LogP) is 1.51. The number of aliphatic hydroxyl groups is 1. The Balaban J connectivity index is 2.69. The molecular weight excluding hydrogens is 202 g/mol. The zero-order valence-electron chi connectivity index (χ0n) is 10.5. The number of nitrogens with one attached hydrogen (secondary N) is 1. The molecule has 2 unspecified atom stereocenters. The number of hydrogen-bond donors (Lipinski definition) is 2. The van der Waals surface area contributed by atoms with Gasteiger partial charge in [-0.1, -0.05) is 0 Å². The third kappa shape index (κ3) is 3.54. The van der Waals surface area contributed by atoms with Crippen LogP contribution in [0.1, 0.15) is 43.4 Å². The summed E-state index contributed by atoms with van der Waals surface area (Å²) in [5, 5.41) is 12.3. The number of hydrogen-bond acceptors (Lipinski definition) is 4. The molecule has 0 saturated heterocycles. The van der Waals surface area contributed by atoms with Crippen molar-refractivity contribution in [2.75, 3.05) is 6.61 Å². The van der Waals surface area contributed by atoms with Crippen LogP contribution in [-0.4, -0.2) is 27.7 Å². The fraction of sp³-hybridized carbons (Fsp3) is 0.667. The standard InChI is InChI=1S/C12H21N3O/c1-8(5-6-16)14-9(2)12-7-13-11(4)15-10(12)3/h7-9,14,16H,5-6H2,1-4H3. The Hall–Kier alpha value is -1.00. The maximum Gasteiger partial charge on any atom is 0.125 e. The molecule has 1 rings (SSSR count). The van der Waals surface area contributed by atoms with Gasteiger partial charge in [0.2, 0.25) is 0 Å². The molecule has 4 heteroatoms. The van der Waals surface area contributed by atoms with Crippen LogP contribution in [0.25, 0.3) is 0 Å². The SMILES string of the molecule is Cc1ncc(C(C)NC(C)CCO)c(C)n1. The van der Waals surface area contributed by atoms with Gasteiger partial charge in [-0.05, 0) is 34.1 Å². The monoisotopic (exact) mass is 223 g/mol. The smallest absolute Gasteiger partial charge is 0.125 e. The Bertz CT molecular complexity index is 341. The van der Waals surface area contributed by atoms with Crippen molar-refractivity contribution in [1.82, 2.24) is 15.3 Å². The van der Waals surface area contributed by atoms with Crippen LogP contribution in [-0.2, 0) is 0 Å². The molecule has 2 N–H and O–H groups in total. The first-order valence-corrected chi connectivity index (χ1v) is 5.71. The van der Waals surface area contributed by atoms with Crippen molar-refractivity contribution in [3.63, 3.8) is 0 Å². The lowest BCUT2D eigenvalue weighted by atomic mass is 10.1. The average Bonchev–Trinajstić information content (AvgIpc) is 2.17. The summed E-state index contributed by atoms with van der Waals surface area (Å²) < 4.78 is 0. The molecule has 16 heavy (non-hydrogen) atoms. The number of nitrogens with zero attached hydrogens (tertiary/aromatic N) is 2. The third-order valence-electron chi connectivity index (χ3n) is 2.70. The van der Waals surface area contributed by atoms with Gasteiger partial charge in [-0.15, -0.1) is 0 Å². The van der Waals surface area contributed by atoms with Gasteiger partial charge in [0.1, 0.15) is 5.82 Å². The minimum absolute atomic E-state index is 0.210. The van der Waals surface area contributed by atoms with E-state index in [4.69, 9.17) is 5.11 Å². The van der Waals surface area contributed by atoms with Crippen molar-refractivity contribution in [1.29, 1.82) is 0 Å². The highest BCUT2D eigenvalue weighted by Crippen LogP contribution is 2.15. The van der Waals surface area contributed by atoms with Crippen LogP contribution in [0.3, 0.4) is 0 Å². The van der Waals surface area contributed by atoms with Gasteiger partial charge >= 0.3 is 0 Å². The fourth-order valence-corrected chi connectivity index (χ4v) is 1.81. The first-order chi connectivity index (χ1) is 7.54. The second kappa shape index (κ2) is 5.92. The summed E-state index contributed by atoms with van der Waals surface area (Å²) in [5.41, 5.74) is 2.14. The molecule has 0 fully saturated rings. The van der Waals surface area contributed by atoms with Crippen LogP contribution in [0.2, 0.25) is 0 Å². The van der Waals surface area contributed by atoms with Gasteiger partial charge in [-0.2, -0.15) is 0 Å². The fourth-order valence-electron chi connectivity index (χ4n) is 1.81. The van der Waals surface area contributed by atoms with Crippen LogP contribution < -0.4 is 5.32 Å². The maximum absolute atomic E-state index is 8.85. The highest BCUT2D eigenvalue weighted by atomic mass is 16.3. The van der Waals surface area contributed by atoms with E-state index in [0.29, 0.717) is 6.04 Å². The summed E-state index contributed by atoms with van der Waals surface area (Å²) >= 11 is 0. The summed E-state index contributed by atoms with van der Waals surface area (Å²) in [6.07, 6.45) is 2.64. The minimum atomic E-state index is 0.210. The zero-order chi connectivity index (χ0) is 12.1. The Morgan fingerprint density at radius 1 is 1.38 bits per heavy atom. The van der Waals surface area contributed by atoms with Crippen LogP contribution >= 0.6 is 0 Å². The Morgan fingerprint density at radius 3 is 2.62 bits per heavy atom. The van der Waals surface area contributed by atoms with Crippen molar-refractivity contribution in [2.24, 2.45) is 0 Å². The van der Waals surface area contributed by atoms with Gasteiger partial charge in [-0.25, -0.2) is 9.97 Å². The first-order valence-electron chi connectivity index (χ1n) is 5.71. The summed E-state index contributed by atoms with van der Waals surface area (Å²) in [6.45, 7) is 8.26. The molecule has 0 spiro atoms. The average molecular weight is 223 g/mol. The molecule has 0 bridgehead atoms. The highest BCUT2D eigenvalue weighted by Gasteiger charge is 2.12. The van der Waals surface area contributed by atoms with Gasteiger partial charge in [0.25, 0.3) is 0 Å². The van der Waals surface area contributed by atoms with Gasteiger partial charge in [0.15, 0.2) is 0 Å².